The first-order valence-electron chi connectivity index (χ1n) is 4.86. The van der Waals surface area contributed by atoms with Crippen molar-refractivity contribution < 1.29 is 23.4 Å². The van der Waals surface area contributed by atoms with E-state index >= 15 is 0 Å². The van der Waals surface area contributed by atoms with E-state index < -0.39 is 5.82 Å². The largest absolute Gasteiger partial charge is 0.493 e. The molecule has 0 radical (unpaired) electrons. The molecule has 0 spiro atoms. The molecule has 5 heteroatoms. The minimum Gasteiger partial charge on any atom is -0.493 e. The Morgan fingerprint density at radius 2 is 2.38 bits per heavy atom. The van der Waals surface area contributed by atoms with Crippen LogP contribution in [-0.4, -0.2) is 20.2 Å². The van der Waals surface area contributed by atoms with Crippen LogP contribution in [0.25, 0.3) is 0 Å². The molecular formula is C11H11FO4. The van der Waals surface area contributed by atoms with Crippen molar-refractivity contribution in [1.82, 2.24) is 0 Å². The number of carbonyl (C=O) groups is 1. The van der Waals surface area contributed by atoms with E-state index in [4.69, 9.17) is 14.2 Å². The first-order chi connectivity index (χ1) is 7.77. The molecule has 1 aromatic rings. The predicted octanol–water partition coefficient (Wildman–Crippen LogP) is 1.69. The highest BCUT2D eigenvalue weighted by atomic mass is 19.1. The van der Waals surface area contributed by atoms with E-state index in [2.05, 4.69) is 0 Å². The molecule has 2 rings (SSSR count). The predicted molar refractivity (Wildman–Crippen MR) is 53.5 cm³/mol. The van der Waals surface area contributed by atoms with Crippen molar-refractivity contribution in [3.05, 3.63) is 17.4 Å². The van der Waals surface area contributed by atoms with Gasteiger partial charge in [0.05, 0.1) is 7.11 Å². The molecule has 1 heterocycles. The Balaban J connectivity index is 2.48. The molecule has 0 N–H and O–H groups in total. The lowest BCUT2D eigenvalue weighted by Crippen LogP contribution is -1.99. The molecule has 0 aromatic heterocycles. The molecular weight excluding hydrogens is 215 g/mol. The summed E-state index contributed by atoms with van der Waals surface area (Å²) in [6.07, 6.45) is 1.43. The Labute approximate surface area is 91.9 Å². The van der Waals surface area contributed by atoms with Crippen LogP contribution in [0.2, 0.25) is 0 Å². The third kappa shape index (κ3) is 1.68. The van der Waals surface area contributed by atoms with Crippen LogP contribution in [0, 0.1) is 5.82 Å². The molecule has 86 valence electrons. The van der Waals surface area contributed by atoms with E-state index in [0.717, 1.165) is 6.29 Å². The van der Waals surface area contributed by atoms with Gasteiger partial charge in [-0.1, -0.05) is 0 Å². The van der Waals surface area contributed by atoms with Gasteiger partial charge >= 0.3 is 0 Å². The lowest BCUT2D eigenvalue weighted by molar-refractivity contribution is -0.107. The molecule has 16 heavy (non-hydrogen) atoms. The molecule has 4 nitrogen and oxygen atoms in total. The van der Waals surface area contributed by atoms with Gasteiger partial charge in [-0.15, -0.1) is 0 Å². The van der Waals surface area contributed by atoms with Crippen molar-refractivity contribution in [2.45, 2.75) is 12.8 Å². The van der Waals surface area contributed by atoms with Crippen LogP contribution in [0.4, 0.5) is 4.39 Å². The molecule has 1 aliphatic rings. The first-order valence-corrected chi connectivity index (χ1v) is 4.86. The number of methoxy groups -OCH3 is 1. The maximum absolute atomic E-state index is 13.6. The SMILES string of the molecule is COc1c(F)cc2c(c1CCC=O)OCO2. The Bertz CT molecular complexity index is 413. The Kier molecular flexibility index (Phi) is 2.94. The summed E-state index contributed by atoms with van der Waals surface area (Å²) in [7, 11) is 1.38. The molecule has 1 aliphatic heterocycles. The average Bonchev–Trinajstić information content (AvgIpc) is 2.72. The molecule has 0 aliphatic carbocycles. The summed E-state index contributed by atoms with van der Waals surface area (Å²) in [4.78, 5) is 10.4. The van der Waals surface area contributed by atoms with E-state index in [1.54, 1.807) is 0 Å². The van der Waals surface area contributed by atoms with E-state index in [9.17, 15) is 9.18 Å². The monoisotopic (exact) mass is 226 g/mol. The number of fused-ring (bicyclic) bond motifs is 1. The van der Waals surface area contributed by atoms with Crippen molar-refractivity contribution in [2.24, 2.45) is 0 Å². The highest BCUT2D eigenvalue weighted by Gasteiger charge is 2.24. The fourth-order valence-corrected chi connectivity index (χ4v) is 1.71. The van der Waals surface area contributed by atoms with Crippen LogP contribution in [0.15, 0.2) is 6.07 Å². The van der Waals surface area contributed by atoms with Crippen LogP contribution in [-0.2, 0) is 11.2 Å². The van der Waals surface area contributed by atoms with Gasteiger partial charge in [0.1, 0.15) is 6.29 Å². The van der Waals surface area contributed by atoms with E-state index in [0.29, 0.717) is 23.5 Å². The fraction of sp³-hybridized carbons (Fsp3) is 0.364. The summed E-state index contributed by atoms with van der Waals surface area (Å²) in [6, 6.07) is 1.23. The van der Waals surface area contributed by atoms with Crippen molar-refractivity contribution in [1.29, 1.82) is 0 Å². The number of hydrogen-bond donors (Lipinski definition) is 0. The van der Waals surface area contributed by atoms with Gasteiger partial charge in [-0.3, -0.25) is 0 Å². The van der Waals surface area contributed by atoms with Gasteiger partial charge in [0.2, 0.25) is 6.79 Å². The van der Waals surface area contributed by atoms with Crippen LogP contribution in [0.3, 0.4) is 0 Å². The number of aldehydes is 1. The second-order valence-corrected chi connectivity index (χ2v) is 3.31. The molecule has 0 fully saturated rings. The highest BCUT2D eigenvalue weighted by Crippen LogP contribution is 2.42. The highest BCUT2D eigenvalue weighted by molar-refractivity contribution is 5.58. The third-order valence-corrected chi connectivity index (χ3v) is 2.38. The summed E-state index contributed by atoms with van der Waals surface area (Å²) in [5, 5.41) is 0. The number of hydrogen-bond acceptors (Lipinski definition) is 4. The molecule has 0 saturated heterocycles. The zero-order chi connectivity index (χ0) is 11.5. The number of ether oxygens (including phenoxy) is 3. The molecule has 0 bridgehead atoms. The average molecular weight is 226 g/mol. The van der Waals surface area contributed by atoms with Gasteiger partial charge in [-0.05, 0) is 6.42 Å². The number of rotatable bonds is 4. The summed E-state index contributed by atoms with van der Waals surface area (Å²) in [5.41, 5.74) is 0.544. The molecule has 1 aromatic carbocycles. The normalized spacial score (nSPS) is 12.6. The Morgan fingerprint density at radius 3 is 3.06 bits per heavy atom. The second-order valence-electron chi connectivity index (χ2n) is 3.31. The van der Waals surface area contributed by atoms with Gasteiger partial charge in [0, 0.05) is 18.1 Å². The molecule has 0 unspecified atom stereocenters. The molecule has 0 amide bonds. The second kappa shape index (κ2) is 4.38. The van der Waals surface area contributed by atoms with Gasteiger partial charge in [-0.25, -0.2) is 4.39 Å². The number of halogens is 1. The first kappa shape index (κ1) is 10.7. The molecule has 0 saturated carbocycles. The van der Waals surface area contributed by atoms with Crippen LogP contribution >= 0.6 is 0 Å². The summed E-state index contributed by atoms with van der Waals surface area (Å²) >= 11 is 0. The van der Waals surface area contributed by atoms with Crippen molar-refractivity contribution in [3.8, 4) is 17.2 Å². The lowest BCUT2D eigenvalue weighted by atomic mass is 10.1. The lowest BCUT2D eigenvalue weighted by Gasteiger charge is -2.11. The maximum atomic E-state index is 13.6. The van der Waals surface area contributed by atoms with Crippen molar-refractivity contribution in [3.63, 3.8) is 0 Å². The van der Waals surface area contributed by atoms with Gasteiger partial charge in [-0.2, -0.15) is 0 Å². The summed E-state index contributed by atoms with van der Waals surface area (Å²) in [5.74, 6) is 0.443. The summed E-state index contributed by atoms with van der Waals surface area (Å²) < 4.78 is 28.9. The summed E-state index contributed by atoms with van der Waals surface area (Å²) in [6.45, 7) is 0.0655. The maximum Gasteiger partial charge on any atom is 0.231 e. The minimum atomic E-state index is -0.507. The Morgan fingerprint density at radius 1 is 1.56 bits per heavy atom. The zero-order valence-corrected chi connectivity index (χ0v) is 8.79. The number of benzene rings is 1. The molecule has 0 atom stereocenters. The fourth-order valence-electron chi connectivity index (χ4n) is 1.71. The topological polar surface area (TPSA) is 44.8 Å². The third-order valence-electron chi connectivity index (χ3n) is 2.38. The van der Waals surface area contributed by atoms with Crippen LogP contribution < -0.4 is 14.2 Å². The van der Waals surface area contributed by atoms with E-state index in [1.165, 1.54) is 13.2 Å². The Hall–Kier alpha value is -1.78. The van der Waals surface area contributed by atoms with Crippen molar-refractivity contribution >= 4 is 6.29 Å². The van der Waals surface area contributed by atoms with Crippen LogP contribution in [0.1, 0.15) is 12.0 Å². The van der Waals surface area contributed by atoms with Gasteiger partial charge in [0.25, 0.3) is 0 Å². The van der Waals surface area contributed by atoms with Gasteiger partial charge in [0.15, 0.2) is 23.1 Å². The quantitative estimate of drug-likeness (QED) is 0.733. The number of carbonyl (C=O) groups excluding carboxylic acids is 1. The van der Waals surface area contributed by atoms with Gasteiger partial charge < -0.3 is 19.0 Å². The minimum absolute atomic E-state index is 0.0655. The van der Waals surface area contributed by atoms with E-state index in [-0.39, 0.29) is 19.0 Å². The van der Waals surface area contributed by atoms with E-state index in [1.807, 2.05) is 0 Å². The van der Waals surface area contributed by atoms with Crippen molar-refractivity contribution in [2.75, 3.05) is 13.9 Å². The standard InChI is InChI=1S/C11H11FO4/c1-14-10-7(3-2-4-13)11-9(5-8(10)12)15-6-16-11/h4-5H,2-3,6H2,1H3. The smallest absolute Gasteiger partial charge is 0.231 e. The van der Waals surface area contributed by atoms with Crippen LogP contribution in [0.5, 0.6) is 17.2 Å². The zero-order valence-electron chi connectivity index (χ0n) is 8.79.